The largest absolute Gasteiger partial charge is 0.297 e. The van der Waals surface area contributed by atoms with E-state index in [4.69, 9.17) is 0 Å². The third-order valence-electron chi connectivity index (χ3n) is 4.95. The van der Waals surface area contributed by atoms with Crippen LogP contribution in [0, 0.1) is 11.8 Å². The molecule has 2 saturated heterocycles. The van der Waals surface area contributed by atoms with Gasteiger partial charge in [0.25, 0.3) is 0 Å². The van der Waals surface area contributed by atoms with E-state index in [1.807, 2.05) is 18.3 Å². The van der Waals surface area contributed by atoms with Crippen molar-refractivity contribution in [3.05, 3.63) is 30.1 Å². The minimum absolute atomic E-state index is 0.0686. The molecule has 5 nitrogen and oxygen atoms in total. The van der Waals surface area contributed by atoms with E-state index in [0.717, 1.165) is 51.3 Å². The van der Waals surface area contributed by atoms with Crippen LogP contribution in [0.2, 0.25) is 0 Å². The monoisotopic (exact) mass is 307 g/mol. The van der Waals surface area contributed by atoms with Gasteiger partial charge in [-0.3, -0.25) is 9.88 Å². The number of hydrogen-bond donors (Lipinski definition) is 0. The first-order valence-electron chi connectivity index (χ1n) is 7.74. The van der Waals surface area contributed by atoms with Crippen molar-refractivity contribution in [3.63, 3.8) is 0 Å². The van der Waals surface area contributed by atoms with Crippen molar-refractivity contribution >= 4 is 10.0 Å². The highest BCUT2D eigenvalue weighted by molar-refractivity contribution is 7.90. The van der Waals surface area contributed by atoms with E-state index in [0.29, 0.717) is 11.8 Å². The second-order valence-electron chi connectivity index (χ2n) is 6.60. The van der Waals surface area contributed by atoms with Crippen LogP contribution in [0.5, 0.6) is 0 Å². The number of likely N-dealkylation sites (tertiary alicyclic amines) is 1. The molecule has 4 rings (SSSR count). The average Bonchev–Trinajstić information content (AvgIpc) is 3.15. The first-order valence-corrected chi connectivity index (χ1v) is 9.24. The Morgan fingerprint density at radius 1 is 1.10 bits per heavy atom. The third-order valence-corrected chi connectivity index (χ3v) is 7.28. The van der Waals surface area contributed by atoms with Crippen LogP contribution in [-0.4, -0.2) is 54.0 Å². The second kappa shape index (κ2) is 5.04. The number of sulfonamides is 1. The first kappa shape index (κ1) is 13.7. The molecule has 1 aromatic rings. The lowest BCUT2D eigenvalue weighted by Crippen LogP contribution is -2.35. The minimum atomic E-state index is -2.98. The third kappa shape index (κ3) is 2.60. The molecule has 0 amide bonds. The Balaban J connectivity index is 1.37. The summed E-state index contributed by atoms with van der Waals surface area (Å²) in [6.07, 6.45) is 3.55. The summed E-state index contributed by atoms with van der Waals surface area (Å²) in [6, 6.07) is 6.00. The number of nitrogens with zero attached hydrogens (tertiary/aromatic N) is 3. The van der Waals surface area contributed by atoms with Crippen molar-refractivity contribution < 1.29 is 8.42 Å². The van der Waals surface area contributed by atoms with Gasteiger partial charge in [-0.15, -0.1) is 0 Å². The molecule has 0 aromatic carbocycles. The molecule has 6 heteroatoms. The Labute approximate surface area is 126 Å². The fourth-order valence-corrected chi connectivity index (χ4v) is 5.63. The lowest BCUT2D eigenvalue weighted by atomic mass is 10.0. The maximum absolute atomic E-state index is 12.3. The minimum Gasteiger partial charge on any atom is -0.297 e. The summed E-state index contributed by atoms with van der Waals surface area (Å²) < 4.78 is 26.4. The van der Waals surface area contributed by atoms with Gasteiger partial charge in [0.2, 0.25) is 10.0 Å². The SMILES string of the molecule is O=S(=O)(C1CC1)N1C[C@H]2CN(Cc3ccccn3)C[C@H]2C1. The number of pyridine rings is 1. The zero-order chi connectivity index (χ0) is 14.4. The van der Waals surface area contributed by atoms with Crippen LogP contribution in [0.4, 0.5) is 0 Å². The number of fused-ring (bicyclic) bond motifs is 1. The Hall–Kier alpha value is -0.980. The van der Waals surface area contributed by atoms with E-state index in [2.05, 4.69) is 16.0 Å². The Bertz CT molecular complexity index is 601. The van der Waals surface area contributed by atoms with Gasteiger partial charge >= 0.3 is 0 Å². The van der Waals surface area contributed by atoms with Crippen LogP contribution < -0.4 is 0 Å². The topological polar surface area (TPSA) is 53.5 Å². The van der Waals surface area contributed by atoms with E-state index >= 15 is 0 Å². The molecule has 0 bridgehead atoms. The lowest BCUT2D eigenvalue weighted by molar-refractivity contribution is 0.286. The normalized spacial score (nSPS) is 30.7. The molecule has 0 N–H and O–H groups in total. The molecule has 114 valence electrons. The first-order chi connectivity index (χ1) is 10.1. The molecule has 3 aliphatic rings. The predicted octanol–water partition coefficient (Wildman–Crippen LogP) is 0.937. The summed E-state index contributed by atoms with van der Waals surface area (Å²) in [5.74, 6) is 1.00. The van der Waals surface area contributed by atoms with Gasteiger partial charge in [0.05, 0.1) is 10.9 Å². The fraction of sp³-hybridized carbons (Fsp3) is 0.667. The standard InChI is InChI=1S/C15H21N3O2S/c19-21(20,15-4-5-15)18-9-12-7-17(8-13(12)10-18)11-14-3-1-2-6-16-14/h1-3,6,12-13,15H,4-5,7-11H2/t12-,13+. The number of rotatable bonds is 4. The summed E-state index contributed by atoms with van der Waals surface area (Å²) in [5.41, 5.74) is 1.10. The van der Waals surface area contributed by atoms with E-state index in [-0.39, 0.29) is 5.25 Å². The maximum Gasteiger partial charge on any atom is 0.217 e. The van der Waals surface area contributed by atoms with E-state index in [9.17, 15) is 8.42 Å². The molecule has 2 aliphatic heterocycles. The van der Waals surface area contributed by atoms with Gasteiger partial charge in [-0.2, -0.15) is 0 Å². The van der Waals surface area contributed by atoms with E-state index in [1.54, 1.807) is 4.31 Å². The van der Waals surface area contributed by atoms with Crippen molar-refractivity contribution in [1.82, 2.24) is 14.2 Å². The van der Waals surface area contributed by atoms with Gasteiger partial charge in [0, 0.05) is 38.9 Å². The second-order valence-corrected chi connectivity index (χ2v) is 8.81. The zero-order valence-corrected chi connectivity index (χ0v) is 12.9. The van der Waals surface area contributed by atoms with Crippen LogP contribution in [0.1, 0.15) is 18.5 Å². The van der Waals surface area contributed by atoms with E-state index < -0.39 is 10.0 Å². The van der Waals surface area contributed by atoms with Crippen molar-refractivity contribution in [2.75, 3.05) is 26.2 Å². The molecule has 3 fully saturated rings. The highest BCUT2D eigenvalue weighted by atomic mass is 32.2. The Morgan fingerprint density at radius 2 is 1.81 bits per heavy atom. The summed E-state index contributed by atoms with van der Waals surface area (Å²) in [6.45, 7) is 4.32. The van der Waals surface area contributed by atoms with Gasteiger partial charge in [0.15, 0.2) is 0 Å². The van der Waals surface area contributed by atoms with Crippen LogP contribution >= 0.6 is 0 Å². The summed E-state index contributed by atoms with van der Waals surface area (Å²) in [4.78, 5) is 6.79. The zero-order valence-electron chi connectivity index (χ0n) is 12.1. The highest BCUT2D eigenvalue weighted by Crippen LogP contribution is 2.38. The van der Waals surface area contributed by atoms with Crippen molar-refractivity contribution in [2.45, 2.75) is 24.6 Å². The molecule has 3 heterocycles. The summed E-state index contributed by atoms with van der Waals surface area (Å²) in [7, 11) is -2.98. The molecule has 1 saturated carbocycles. The van der Waals surface area contributed by atoms with E-state index in [1.165, 1.54) is 0 Å². The van der Waals surface area contributed by atoms with Crippen molar-refractivity contribution in [2.24, 2.45) is 11.8 Å². The molecule has 0 radical (unpaired) electrons. The molecule has 0 spiro atoms. The van der Waals surface area contributed by atoms with Gasteiger partial charge in [-0.1, -0.05) is 6.07 Å². The van der Waals surface area contributed by atoms with Crippen molar-refractivity contribution in [3.8, 4) is 0 Å². The Morgan fingerprint density at radius 3 is 2.38 bits per heavy atom. The van der Waals surface area contributed by atoms with Crippen LogP contribution in [0.3, 0.4) is 0 Å². The number of aromatic nitrogens is 1. The average molecular weight is 307 g/mol. The molecule has 0 unspecified atom stereocenters. The maximum atomic E-state index is 12.3. The number of hydrogen-bond acceptors (Lipinski definition) is 4. The van der Waals surface area contributed by atoms with Gasteiger partial charge in [-0.25, -0.2) is 12.7 Å². The van der Waals surface area contributed by atoms with Crippen molar-refractivity contribution in [1.29, 1.82) is 0 Å². The van der Waals surface area contributed by atoms with Gasteiger partial charge in [-0.05, 0) is 36.8 Å². The predicted molar refractivity (Wildman–Crippen MR) is 80.0 cm³/mol. The van der Waals surface area contributed by atoms with Crippen LogP contribution in [0.15, 0.2) is 24.4 Å². The molecule has 1 aliphatic carbocycles. The van der Waals surface area contributed by atoms with Gasteiger partial charge in [0.1, 0.15) is 0 Å². The summed E-state index contributed by atoms with van der Waals surface area (Å²) in [5, 5.41) is -0.0686. The molecule has 2 atom stereocenters. The summed E-state index contributed by atoms with van der Waals surface area (Å²) >= 11 is 0. The molecule has 1 aromatic heterocycles. The molecule has 21 heavy (non-hydrogen) atoms. The highest BCUT2D eigenvalue weighted by Gasteiger charge is 2.48. The molecular weight excluding hydrogens is 286 g/mol. The van der Waals surface area contributed by atoms with Crippen LogP contribution in [0.25, 0.3) is 0 Å². The van der Waals surface area contributed by atoms with Gasteiger partial charge < -0.3 is 0 Å². The Kier molecular flexibility index (Phi) is 3.28. The lowest BCUT2D eigenvalue weighted by Gasteiger charge is -2.21. The van der Waals surface area contributed by atoms with Crippen LogP contribution in [-0.2, 0) is 16.6 Å². The fourth-order valence-electron chi connectivity index (χ4n) is 3.68. The molecular formula is C15H21N3O2S. The quantitative estimate of drug-likeness (QED) is 0.831. The smallest absolute Gasteiger partial charge is 0.217 e.